The van der Waals surface area contributed by atoms with E-state index >= 15 is 0 Å². The lowest BCUT2D eigenvalue weighted by molar-refractivity contribution is -0.247. The van der Waals surface area contributed by atoms with Crippen molar-refractivity contribution in [2.24, 2.45) is 11.8 Å². The Kier molecular flexibility index (Phi) is 5.45. The van der Waals surface area contributed by atoms with Gasteiger partial charge in [-0.05, 0) is 58.0 Å². The van der Waals surface area contributed by atoms with Crippen LogP contribution >= 0.6 is 0 Å². The van der Waals surface area contributed by atoms with Crippen molar-refractivity contribution in [1.82, 2.24) is 4.90 Å². The molecule has 0 aromatic heterocycles. The zero-order valence-corrected chi connectivity index (χ0v) is 23.1. The molecule has 0 bridgehead atoms. The van der Waals surface area contributed by atoms with E-state index in [9.17, 15) is 9.59 Å². The minimum atomic E-state index is -1.23. The number of rotatable bonds is 3. The number of likely N-dealkylation sites (N-methyl/N-ethyl adjacent to an activating group) is 1. The standard InChI is InChI=1S/C30H35NO8/c1-7-34-26(33)20-17(21-22-23(37-28(2,3)36-22)24-27(35-21)39-29(4,5)38-24)14-31(6)30(20)18-13-9-11-15-10-8-12-16(19(15)18)25(30)32/h8-13,17,20-24,27H,7,14H2,1-6H3/t17-,20-,21+,22-,23-,24+,27+,30+/m1/s1. The molecule has 208 valence electrons. The maximum Gasteiger partial charge on any atom is 0.312 e. The Balaban J connectivity index is 1.37. The third-order valence-corrected chi connectivity index (χ3v) is 9.02. The highest BCUT2D eigenvalue weighted by molar-refractivity contribution is 6.21. The molecule has 5 aliphatic rings. The summed E-state index contributed by atoms with van der Waals surface area (Å²) < 4.78 is 37.5. The Bertz CT molecular complexity index is 1370. The Morgan fingerprint density at radius 2 is 1.59 bits per heavy atom. The lowest BCUT2D eigenvalue weighted by atomic mass is 9.71. The van der Waals surface area contributed by atoms with Crippen molar-refractivity contribution in [3.63, 3.8) is 0 Å². The molecule has 0 unspecified atom stereocenters. The first-order valence-electron chi connectivity index (χ1n) is 13.8. The van der Waals surface area contributed by atoms with E-state index in [4.69, 9.17) is 28.4 Å². The van der Waals surface area contributed by atoms with Crippen molar-refractivity contribution in [3.05, 3.63) is 47.5 Å². The number of esters is 1. The van der Waals surface area contributed by atoms with Gasteiger partial charge >= 0.3 is 5.97 Å². The highest BCUT2D eigenvalue weighted by Gasteiger charge is 2.70. The summed E-state index contributed by atoms with van der Waals surface area (Å²) >= 11 is 0. The zero-order valence-electron chi connectivity index (χ0n) is 23.1. The third-order valence-electron chi connectivity index (χ3n) is 9.02. The molecule has 0 saturated carbocycles. The normalized spacial score (nSPS) is 39.8. The maximum atomic E-state index is 14.5. The predicted molar refractivity (Wildman–Crippen MR) is 139 cm³/mol. The Hall–Kier alpha value is -2.40. The zero-order chi connectivity index (χ0) is 27.5. The highest BCUT2D eigenvalue weighted by Crippen LogP contribution is 2.57. The van der Waals surface area contributed by atoms with Crippen LogP contribution in [0.25, 0.3) is 10.8 Å². The van der Waals surface area contributed by atoms with Crippen molar-refractivity contribution in [3.8, 4) is 0 Å². The van der Waals surface area contributed by atoms with Gasteiger partial charge in [-0.1, -0.05) is 36.4 Å². The van der Waals surface area contributed by atoms with Crippen LogP contribution in [0.4, 0.5) is 0 Å². The van der Waals surface area contributed by atoms with Gasteiger partial charge in [0.15, 0.2) is 23.6 Å². The van der Waals surface area contributed by atoms with Gasteiger partial charge in [-0.2, -0.15) is 0 Å². The molecule has 1 spiro atoms. The fraction of sp³-hybridized carbons (Fsp3) is 0.600. The van der Waals surface area contributed by atoms with Gasteiger partial charge in [-0.15, -0.1) is 0 Å². The van der Waals surface area contributed by atoms with Crippen LogP contribution in [0.15, 0.2) is 36.4 Å². The molecule has 4 heterocycles. The van der Waals surface area contributed by atoms with Crippen molar-refractivity contribution in [2.45, 2.75) is 82.4 Å². The van der Waals surface area contributed by atoms with Gasteiger partial charge in [0.05, 0.1) is 18.6 Å². The van der Waals surface area contributed by atoms with Gasteiger partial charge in [-0.3, -0.25) is 14.5 Å². The SMILES string of the molecule is CCOC(=O)[C@H]1[C@H]([C@@H]2O[C@H]3OC(C)(C)O[C@H]3[C@@H]3OC(C)(C)O[C@@H]32)CN(C)[C@]12C(=O)c1cccc3cccc2c13. The molecule has 0 amide bonds. The number of hydrogen-bond donors (Lipinski definition) is 0. The highest BCUT2D eigenvalue weighted by atomic mass is 16.9. The molecule has 39 heavy (non-hydrogen) atoms. The van der Waals surface area contributed by atoms with Crippen molar-refractivity contribution < 1.29 is 38.0 Å². The summed E-state index contributed by atoms with van der Waals surface area (Å²) in [6.45, 7) is 9.81. The van der Waals surface area contributed by atoms with Crippen LogP contribution in [0.3, 0.4) is 0 Å². The number of ether oxygens (including phenoxy) is 6. The summed E-state index contributed by atoms with van der Waals surface area (Å²) in [4.78, 5) is 30.5. The number of Topliss-reactive ketones (excluding diaryl/α,β-unsaturated/α-hetero) is 1. The number of carbonyl (C=O) groups excluding carboxylic acids is 2. The van der Waals surface area contributed by atoms with Crippen molar-refractivity contribution in [2.75, 3.05) is 20.2 Å². The lowest BCUT2D eigenvalue weighted by Crippen LogP contribution is -2.59. The fourth-order valence-electron chi connectivity index (χ4n) is 7.83. The summed E-state index contributed by atoms with van der Waals surface area (Å²) in [5, 5.41) is 1.87. The molecule has 8 atom stereocenters. The molecule has 7 rings (SSSR count). The molecule has 0 N–H and O–H groups in total. The molecule has 4 fully saturated rings. The fourth-order valence-corrected chi connectivity index (χ4v) is 7.83. The molecule has 4 saturated heterocycles. The van der Waals surface area contributed by atoms with Gasteiger partial charge in [0.2, 0.25) is 0 Å². The van der Waals surface area contributed by atoms with Crippen LogP contribution in [-0.4, -0.2) is 79.1 Å². The van der Waals surface area contributed by atoms with E-state index in [1.165, 1.54) is 0 Å². The molecular weight excluding hydrogens is 502 g/mol. The number of carbonyl (C=O) groups is 2. The third kappa shape index (κ3) is 3.41. The maximum absolute atomic E-state index is 14.5. The lowest BCUT2D eigenvalue weighted by Gasteiger charge is -2.42. The van der Waals surface area contributed by atoms with Crippen LogP contribution in [0.1, 0.15) is 50.5 Å². The van der Waals surface area contributed by atoms with Crippen LogP contribution in [0.2, 0.25) is 0 Å². The van der Waals surface area contributed by atoms with Gasteiger partial charge in [0, 0.05) is 18.0 Å². The molecule has 9 heteroatoms. The van der Waals surface area contributed by atoms with Gasteiger partial charge < -0.3 is 28.4 Å². The van der Waals surface area contributed by atoms with E-state index in [-0.39, 0.29) is 12.4 Å². The Morgan fingerprint density at radius 1 is 0.949 bits per heavy atom. The first-order valence-corrected chi connectivity index (χ1v) is 13.8. The van der Waals surface area contributed by atoms with E-state index < -0.39 is 65.6 Å². The van der Waals surface area contributed by atoms with E-state index in [1.807, 2.05) is 76.0 Å². The smallest absolute Gasteiger partial charge is 0.312 e. The first kappa shape index (κ1) is 25.6. The van der Waals surface area contributed by atoms with Gasteiger partial charge in [0.1, 0.15) is 23.9 Å². The van der Waals surface area contributed by atoms with E-state index in [0.717, 1.165) is 16.3 Å². The molecule has 2 aromatic rings. The van der Waals surface area contributed by atoms with Crippen LogP contribution in [0, 0.1) is 11.8 Å². The van der Waals surface area contributed by atoms with Crippen LogP contribution in [0.5, 0.6) is 0 Å². The first-order chi connectivity index (χ1) is 18.5. The largest absolute Gasteiger partial charge is 0.466 e. The molecule has 0 radical (unpaired) electrons. The van der Waals surface area contributed by atoms with E-state index in [2.05, 4.69) is 0 Å². The summed E-state index contributed by atoms with van der Waals surface area (Å²) in [5.74, 6) is -3.53. The number of likely N-dealkylation sites (tertiary alicyclic amines) is 1. The average Bonchev–Trinajstić information content (AvgIpc) is 3.55. The molecule has 4 aliphatic heterocycles. The number of ketones is 1. The molecular formula is C30H35NO8. The quantitative estimate of drug-likeness (QED) is 0.547. The van der Waals surface area contributed by atoms with Crippen molar-refractivity contribution in [1.29, 1.82) is 0 Å². The number of nitrogens with zero attached hydrogens (tertiary/aromatic N) is 1. The number of benzene rings is 2. The molecule has 2 aromatic carbocycles. The minimum absolute atomic E-state index is 0.0897. The number of hydrogen-bond acceptors (Lipinski definition) is 9. The monoisotopic (exact) mass is 537 g/mol. The summed E-state index contributed by atoms with van der Waals surface area (Å²) in [5.41, 5.74) is 0.236. The van der Waals surface area contributed by atoms with Gasteiger partial charge in [-0.25, -0.2) is 0 Å². The second-order valence-electron chi connectivity index (χ2n) is 12.2. The second kappa shape index (κ2) is 8.31. The molecule has 9 nitrogen and oxygen atoms in total. The minimum Gasteiger partial charge on any atom is -0.466 e. The Labute approximate surface area is 227 Å². The van der Waals surface area contributed by atoms with Crippen LogP contribution < -0.4 is 0 Å². The summed E-state index contributed by atoms with van der Waals surface area (Å²) in [7, 11) is 1.91. The van der Waals surface area contributed by atoms with E-state index in [1.54, 1.807) is 6.92 Å². The van der Waals surface area contributed by atoms with E-state index in [0.29, 0.717) is 12.1 Å². The topological polar surface area (TPSA) is 92.8 Å². The second-order valence-corrected chi connectivity index (χ2v) is 12.2. The predicted octanol–water partition coefficient (Wildman–Crippen LogP) is 3.37. The molecule has 1 aliphatic carbocycles. The van der Waals surface area contributed by atoms with Crippen molar-refractivity contribution >= 4 is 22.5 Å². The Morgan fingerprint density at radius 3 is 2.31 bits per heavy atom. The van der Waals surface area contributed by atoms with Gasteiger partial charge in [0.25, 0.3) is 0 Å². The van der Waals surface area contributed by atoms with Crippen LogP contribution in [-0.2, 0) is 38.8 Å². The number of fused-ring (bicyclic) bond motifs is 4. The summed E-state index contributed by atoms with van der Waals surface area (Å²) in [6, 6.07) is 11.7. The average molecular weight is 538 g/mol. The summed E-state index contributed by atoms with van der Waals surface area (Å²) in [6.07, 6.45) is -2.78.